The van der Waals surface area contributed by atoms with Crippen LogP contribution >= 0.6 is 11.3 Å². The summed E-state index contributed by atoms with van der Waals surface area (Å²) in [6.07, 6.45) is -2.98. The molecule has 2 heterocycles. The summed E-state index contributed by atoms with van der Waals surface area (Å²) in [5.74, 6) is 0.394. The van der Waals surface area contributed by atoms with E-state index in [1.54, 1.807) is 0 Å². The van der Waals surface area contributed by atoms with Crippen LogP contribution in [-0.4, -0.2) is 11.0 Å². The predicted molar refractivity (Wildman–Crippen MR) is 127 cm³/mol. The number of halogens is 3. The Labute approximate surface area is 205 Å². The molecule has 2 aliphatic rings. The number of benzene rings is 2. The summed E-state index contributed by atoms with van der Waals surface area (Å²) >= 11 is 1.40. The van der Waals surface area contributed by atoms with Crippen molar-refractivity contribution in [3.8, 4) is 16.3 Å². The smallest absolute Gasteiger partial charge is 0.416 e. The molecule has 5 rings (SSSR count). The molecule has 1 saturated heterocycles. The Hall–Kier alpha value is -3.13. The summed E-state index contributed by atoms with van der Waals surface area (Å²) in [5.41, 5.74) is 5.54. The van der Waals surface area contributed by atoms with E-state index < -0.39 is 11.7 Å². The average molecular weight is 500 g/mol. The molecule has 4 nitrogen and oxygen atoms in total. The topological polar surface area (TPSA) is 48.4 Å². The Kier molecular flexibility index (Phi) is 5.74. The number of carbonyl (C=O) groups excluding carboxylic acids is 1. The standard InChI is InChI=1S/C27H24F3NO3S/c1-13-11-21(15(3)23-19(13)9-10-20-14(2)26(32)34-24(20)23)33-12-22-16(4)31-25(35-22)17-5-7-18(8-6-17)27(28,29)30/h5-8,11,20,24H,2,9-10,12H2,1,3-4H3/t20-,24?/m0/s1. The first-order valence-electron chi connectivity index (χ1n) is 11.3. The lowest BCUT2D eigenvalue weighted by atomic mass is 9.76. The zero-order chi connectivity index (χ0) is 25.1. The fourth-order valence-electron chi connectivity index (χ4n) is 4.95. The summed E-state index contributed by atoms with van der Waals surface area (Å²) in [4.78, 5) is 17.6. The van der Waals surface area contributed by atoms with Crippen molar-refractivity contribution < 1.29 is 27.4 Å². The van der Waals surface area contributed by atoms with Crippen LogP contribution in [0.2, 0.25) is 0 Å². The van der Waals surface area contributed by atoms with Crippen LogP contribution in [0.4, 0.5) is 13.2 Å². The summed E-state index contributed by atoms with van der Waals surface area (Å²) in [6.45, 7) is 10.1. The molecule has 182 valence electrons. The lowest BCUT2D eigenvalue weighted by Gasteiger charge is -2.30. The molecule has 1 fully saturated rings. The highest BCUT2D eigenvalue weighted by Gasteiger charge is 2.44. The lowest BCUT2D eigenvalue weighted by molar-refractivity contribution is -0.140. The van der Waals surface area contributed by atoms with Gasteiger partial charge < -0.3 is 9.47 Å². The van der Waals surface area contributed by atoms with Gasteiger partial charge in [0.25, 0.3) is 0 Å². The van der Waals surface area contributed by atoms with E-state index >= 15 is 0 Å². The van der Waals surface area contributed by atoms with Crippen LogP contribution in [0.3, 0.4) is 0 Å². The highest BCUT2D eigenvalue weighted by Crippen LogP contribution is 2.49. The minimum Gasteiger partial charge on any atom is -0.488 e. The van der Waals surface area contributed by atoms with Gasteiger partial charge in [-0.25, -0.2) is 9.78 Å². The van der Waals surface area contributed by atoms with Gasteiger partial charge in [0.05, 0.1) is 16.1 Å². The van der Waals surface area contributed by atoms with E-state index in [1.165, 1.54) is 29.0 Å². The SMILES string of the molecule is C=C1C(=O)OC2c3c(C)c(OCc4sc(-c5ccc(C(F)(F)F)cc5)nc4C)cc(C)c3CC[C@@H]12. The van der Waals surface area contributed by atoms with Crippen LogP contribution in [0.15, 0.2) is 42.5 Å². The second-order valence-electron chi connectivity index (χ2n) is 9.10. The molecule has 1 aliphatic carbocycles. The molecule has 1 aromatic heterocycles. The third-order valence-corrected chi connectivity index (χ3v) is 8.11. The molecular weight excluding hydrogens is 475 g/mol. The van der Waals surface area contributed by atoms with Gasteiger partial charge in [-0.2, -0.15) is 13.2 Å². The molecular formula is C27H24F3NO3S. The highest BCUT2D eigenvalue weighted by molar-refractivity contribution is 7.15. The second-order valence-corrected chi connectivity index (χ2v) is 10.2. The van der Waals surface area contributed by atoms with E-state index in [0.717, 1.165) is 58.0 Å². The number of aryl methyl sites for hydroxylation is 2. The summed E-state index contributed by atoms with van der Waals surface area (Å²) in [5, 5.41) is 0.646. The van der Waals surface area contributed by atoms with Gasteiger partial charge in [-0.1, -0.05) is 18.7 Å². The maximum absolute atomic E-state index is 12.9. The summed E-state index contributed by atoms with van der Waals surface area (Å²) < 4.78 is 50.5. The molecule has 0 spiro atoms. The van der Waals surface area contributed by atoms with Gasteiger partial charge in [0, 0.05) is 22.6 Å². The molecule has 0 bridgehead atoms. The Balaban J connectivity index is 1.39. The van der Waals surface area contributed by atoms with Crippen LogP contribution in [-0.2, 0) is 28.7 Å². The quantitative estimate of drug-likeness (QED) is 0.285. The van der Waals surface area contributed by atoms with Crippen LogP contribution in [0.1, 0.15) is 50.9 Å². The normalized spacial score (nSPS) is 19.4. The molecule has 8 heteroatoms. The molecule has 35 heavy (non-hydrogen) atoms. The maximum Gasteiger partial charge on any atom is 0.416 e. The van der Waals surface area contributed by atoms with Gasteiger partial charge in [-0.3, -0.25) is 0 Å². The van der Waals surface area contributed by atoms with Gasteiger partial charge >= 0.3 is 12.1 Å². The molecule has 1 aliphatic heterocycles. The zero-order valence-electron chi connectivity index (χ0n) is 19.6. The molecule has 0 saturated carbocycles. The van der Waals surface area contributed by atoms with Crippen LogP contribution in [0.5, 0.6) is 5.75 Å². The number of nitrogens with zero attached hydrogens (tertiary/aromatic N) is 1. The number of carbonyl (C=O) groups is 1. The molecule has 0 N–H and O–H groups in total. The largest absolute Gasteiger partial charge is 0.488 e. The van der Waals surface area contributed by atoms with Gasteiger partial charge in [0.2, 0.25) is 0 Å². The van der Waals surface area contributed by atoms with E-state index in [1.807, 2.05) is 26.8 Å². The van der Waals surface area contributed by atoms with Crippen molar-refractivity contribution in [3.05, 3.63) is 80.9 Å². The molecule has 0 amide bonds. The van der Waals surface area contributed by atoms with Crippen LogP contribution in [0, 0.1) is 26.7 Å². The minimum absolute atomic E-state index is 0.00150. The van der Waals surface area contributed by atoms with Crippen molar-refractivity contribution in [1.82, 2.24) is 4.98 Å². The van der Waals surface area contributed by atoms with Gasteiger partial charge in [0.1, 0.15) is 23.5 Å². The first kappa shape index (κ1) is 23.6. The number of rotatable bonds is 4. The number of hydrogen-bond acceptors (Lipinski definition) is 5. The number of esters is 1. The maximum atomic E-state index is 12.9. The first-order chi connectivity index (χ1) is 16.5. The average Bonchev–Trinajstić information content (AvgIpc) is 3.33. The molecule has 3 aromatic rings. The van der Waals surface area contributed by atoms with Crippen LogP contribution < -0.4 is 4.74 Å². The number of aromatic nitrogens is 1. The van der Waals surface area contributed by atoms with Crippen molar-refractivity contribution in [2.45, 2.75) is 52.5 Å². The molecule has 2 atom stereocenters. The number of alkyl halides is 3. The number of thiazole rings is 1. The van der Waals surface area contributed by atoms with E-state index in [2.05, 4.69) is 11.6 Å². The van der Waals surface area contributed by atoms with Crippen molar-refractivity contribution in [3.63, 3.8) is 0 Å². The van der Waals surface area contributed by atoms with Crippen LogP contribution in [0.25, 0.3) is 10.6 Å². The predicted octanol–water partition coefficient (Wildman–Crippen LogP) is 7.05. The number of ether oxygens (including phenoxy) is 2. The highest BCUT2D eigenvalue weighted by atomic mass is 32.1. The Bertz CT molecular complexity index is 1340. The Morgan fingerprint density at radius 1 is 1.20 bits per heavy atom. The second kappa shape index (κ2) is 8.52. The zero-order valence-corrected chi connectivity index (χ0v) is 20.4. The molecule has 2 aromatic carbocycles. The van der Waals surface area contributed by atoms with Crippen molar-refractivity contribution in [2.24, 2.45) is 5.92 Å². The summed E-state index contributed by atoms with van der Waals surface area (Å²) in [7, 11) is 0. The van der Waals surface area contributed by atoms with E-state index in [4.69, 9.17) is 9.47 Å². The third kappa shape index (κ3) is 4.14. The third-order valence-electron chi connectivity index (χ3n) is 6.93. The Morgan fingerprint density at radius 3 is 2.60 bits per heavy atom. The fraction of sp³-hybridized carbons (Fsp3) is 0.333. The van der Waals surface area contributed by atoms with Gasteiger partial charge in [0.15, 0.2) is 0 Å². The van der Waals surface area contributed by atoms with Crippen molar-refractivity contribution in [2.75, 3.05) is 0 Å². The summed E-state index contributed by atoms with van der Waals surface area (Å²) in [6, 6.07) is 7.04. The first-order valence-corrected chi connectivity index (χ1v) is 12.2. The lowest BCUT2D eigenvalue weighted by Crippen LogP contribution is -2.20. The Morgan fingerprint density at radius 2 is 1.91 bits per heavy atom. The molecule has 0 radical (unpaired) electrons. The van der Waals surface area contributed by atoms with Crippen molar-refractivity contribution >= 4 is 17.3 Å². The van der Waals surface area contributed by atoms with E-state index in [0.29, 0.717) is 16.1 Å². The van der Waals surface area contributed by atoms with E-state index in [-0.39, 0.29) is 24.6 Å². The van der Waals surface area contributed by atoms with Gasteiger partial charge in [-0.05, 0) is 68.5 Å². The number of fused-ring (bicyclic) bond motifs is 3. The monoisotopic (exact) mass is 499 g/mol. The minimum atomic E-state index is -4.37. The fourth-order valence-corrected chi connectivity index (χ4v) is 5.93. The molecule has 1 unspecified atom stereocenters. The number of hydrogen-bond donors (Lipinski definition) is 0. The van der Waals surface area contributed by atoms with Gasteiger partial charge in [-0.15, -0.1) is 11.3 Å². The van der Waals surface area contributed by atoms with E-state index in [9.17, 15) is 18.0 Å². The van der Waals surface area contributed by atoms with Crippen molar-refractivity contribution in [1.29, 1.82) is 0 Å².